The Kier molecular flexibility index (Phi) is 2.69. The summed E-state index contributed by atoms with van der Waals surface area (Å²) in [5.41, 5.74) is 4.59. The highest BCUT2D eigenvalue weighted by Gasteiger charge is 2.30. The van der Waals surface area contributed by atoms with Crippen LogP contribution in [0, 0.1) is 0 Å². The largest absolute Gasteiger partial charge is 0.390 e. The average molecular weight is 173 g/mol. The molecule has 0 aliphatic carbocycles. The summed E-state index contributed by atoms with van der Waals surface area (Å²) in [7, 11) is -4.75. The lowest BCUT2D eigenvalue weighted by Gasteiger charge is -2.06. The van der Waals surface area contributed by atoms with Crippen molar-refractivity contribution in [2.75, 3.05) is 0 Å². The zero-order chi connectivity index (χ0) is 7.65. The van der Waals surface area contributed by atoms with Crippen LogP contribution in [-0.4, -0.2) is 20.7 Å². The first-order valence-corrected chi connectivity index (χ1v) is 3.93. The molecule has 4 N–H and O–H groups in total. The third-order valence-electron chi connectivity index (χ3n) is 0.530. The van der Waals surface area contributed by atoms with Gasteiger partial charge in [-0.1, -0.05) is 12.2 Å². The highest BCUT2D eigenvalue weighted by Crippen LogP contribution is 2.41. The molecule has 0 aliphatic rings. The highest BCUT2D eigenvalue weighted by atomic mass is 32.1. The van der Waals surface area contributed by atoms with Crippen molar-refractivity contribution in [1.82, 2.24) is 0 Å². The van der Waals surface area contributed by atoms with Crippen LogP contribution in [0.15, 0.2) is 0 Å². The first-order valence-electron chi connectivity index (χ1n) is 1.84. The molecule has 0 spiro atoms. The molecule has 0 aromatic carbocycles. The second-order valence-electron chi connectivity index (χ2n) is 1.33. The summed E-state index contributed by atoms with van der Waals surface area (Å²) in [6, 6.07) is 0. The van der Waals surface area contributed by atoms with E-state index in [1.54, 1.807) is 0 Å². The third kappa shape index (κ3) is 2.86. The van der Waals surface area contributed by atoms with Gasteiger partial charge in [-0.2, -0.15) is 0 Å². The van der Waals surface area contributed by atoms with Gasteiger partial charge in [-0.05, 0) is 0 Å². The Hall–Kier alpha value is -0.0300. The smallest absolute Gasteiger partial charge is 0.366 e. The zero-order valence-electron chi connectivity index (χ0n) is 4.19. The van der Waals surface area contributed by atoms with Crippen LogP contribution in [0.2, 0.25) is 0 Å². The van der Waals surface area contributed by atoms with Crippen LogP contribution >= 0.6 is 19.8 Å². The van der Waals surface area contributed by atoms with E-state index in [9.17, 15) is 8.96 Å². The van der Waals surface area contributed by atoms with E-state index >= 15 is 0 Å². The molecule has 0 amide bonds. The van der Waals surface area contributed by atoms with E-state index in [0.29, 0.717) is 0 Å². The molecule has 1 atom stereocenters. The number of halogens is 1. The van der Waals surface area contributed by atoms with Gasteiger partial charge in [0.05, 0.1) is 0 Å². The van der Waals surface area contributed by atoms with Crippen LogP contribution in [-0.2, 0) is 4.57 Å². The van der Waals surface area contributed by atoms with Crippen molar-refractivity contribution >= 4 is 24.8 Å². The van der Waals surface area contributed by atoms with E-state index in [1.165, 1.54) is 0 Å². The molecule has 0 heterocycles. The molecular formula is C2H5FNO3PS. The SMILES string of the molecule is NC(=S)C(F)P(=O)(O)O. The van der Waals surface area contributed by atoms with Gasteiger partial charge in [-0.15, -0.1) is 0 Å². The Morgan fingerprint density at radius 1 is 1.78 bits per heavy atom. The summed E-state index contributed by atoms with van der Waals surface area (Å²) in [5.74, 6) is -2.51. The van der Waals surface area contributed by atoms with Gasteiger partial charge in [0.1, 0.15) is 4.99 Å². The quantitative estimate of drug-likeness (QED) is 0.396. The molecule has 0 saturated heterocycles. The van der Waals surface area contributed by atoms with Gasteiger partial charge in [0.15, 0.2) is 0 Å². The summed E-state index contributed by atoms with van der Waals surface area (Å²) in [6.07, 6.45) is 0. The second-order valence-corrected chi connectivity index (χ2v) is 3.43. The lowest BCUT2D eigenvalue weighted by molar-refractivity contribution is 0.331. The zero-order valence-corrected chi connectivity index (χ0v) is 5.90. The molecule has 4 nitrogen and oxygen atoms in total. The molecule has 9 heavy (non-hydrogen) atoms. The van der Waals surface area contributed by atoms with Crippen LogP contribution in [0.1, 0.15) is 0 Å². The number of hydrogen-bond donors (Lipinski definition) is 3. The fourth-order valence-electron chi connectivity index (χ4n) is 0.166. The fourth-order valence-corrected chi connectivity index (χ4v) is 0.909. The van der Waals surface area contributed by atoms with Crippen LogP contribution in [0.5, 0.6) is 0 Å². The van der Waals surface area contributed by atoms with E-state index in [4.69, 9.17) is 9.79 Å². The summed E-state index contributed by atoms with van der Waals surface area (Å²) < 4.78 is 21.9. The van der Waals surface area contributed by atoms with Crippen molar-refractivity contribution in [2.24, 2.45) is 5.73 Å². The van der Waals surface area contributed by atoms with Gasteiger partial charge in [-0.25, -0.2) is 4.39 Å². The molecule has 0 fully saturated rings. The van der Waals surface area contributed by atoms with Gasteiger partial charge < -0.3 is 15.5 Å². The molecule has 0 aromatic heterocycles. The molecule has 0 aliphatic heterocycles. The minimum Gasteiger partial charge on any atom is -0.390 e. The Bertz CT molecular complexity index is 167. The number of hydrogen-bond acceptors (Lipinski definition) is 2. The molecule has 0 bridgehead atoms. The molecule has 7 heteroatoms. The number of nitrogens with two attached hydrogens (primary N) is 1. The van der Waals surface area contributed by atoms with Crippen LogP contribution in [0.25, 0.3) is 0 Å². The number of alkyl halides is 1. The van der Waals surface area contributed by atoms with Crippen molar-refractivity contribution in [1.29, 1.82) is 0 Å². The molecular weight excluding hydrogens is 168 g/mol. The first-order chi connectivity index (χ1) is 3.85. The maximum Gasteiger partial charge on any atom is 0.366 e. The summed E-state index contributed by atoms with van der Waals surface area (Å²) in [5, 5.41) is 0. The van der Waals surface area contributed by atoms with E-state index in [-0.39, 0.29) is 0 Å². The minimum absolute atomic E-state index is 0.816. The first kappa shape index (κ1) is 8.97. The normalized spacial score (nSPS) is 15.0. The number of rotatable bonds is 2. The standard InChI is InChI=1S/C2H5FNO3PS/c3-1(2(4)9)8(5,6)7/h1H,(H2,4,9)(H2,5,6,7). The fraction of sp³-hybridized carbons (Fsp3) is 0.500. The Morgan fingerprint density at radius 3 is 2.11 bits per heavy atom. The van der Waals surface area contributed by atoms with Crippen molar-refractivity contribution in [2.45, 2.75) is 5.91 Å². The van der Waals surface area contributed by atoms with Crippen molar-refractivity contribution < 1.29 is 18.7 Å². The van der Waals surface area contributed by atoms with Crippen molar-refractivity contribution in [3.8, 4) is 0 Å². The second kappa shape index (κ2) is 2.70. The average Bonchev–Trinajstić information content (AvgIpc) is 1.62. The van der Waals surface area contributed by atoms with Crippen LogP contribution < -0.4 is 5.73 Å². The van der Waals surface area contributed by atoms with Gasteiger partial charge in [-0.3, -0.25) is 4.57 Å². The molecule has 0 rings (SSSR count). The van der Waals surface area contributed by atoms with Gasteiger partial charge >= 0.3 is 7.60 Å². The Morgan fingerprint density at radius 2 is 2.11 bits per heavy atom. The molecule has 1 unspecified atom stereocenters. The third-order valence-corrected chi connectivity index (χ3v) is 1.78. The maximum absolute atomic E-state index is 12.0. The summed E-state index contributed by atoms with van der Waals surface area (Å²) in [6.45, 7) is 0. The predicted octanol–water partition coefficient (Wildman–Crippen LogP) is -0.254. The van der Waals surface area contributed by atoms with Crippen LogP contribution in [0.3, 0.4) is 0 Å². The van der Waals surface area contributed by atoms with E-state index < -0.39 is 18.5 Å². The Labute approximate surface area is 56.0 Å². The lowest BCUT2D eigenvalue weighted by atomic mass is 10.8. The lowest BCUT2D eigenvalue weighted by Crippen LogP contribution is -2.22. The summed E-state index contributed by atoms with van der Waals surface area (Å²) >= 11 is 3.98. The molecule has 54 valence electrons. The topological polar surface area (TPSA) is 83.6 Å². The molecule has 0 radical (unpaired) electrons. The minimum atomic E-state index is -4.75. The highest BCUT2D eigenvalue weighted by molar-refractivity contribution is 7.81. The predicted molar refractivity (Wildman–Crippen MR) is 33.7 cm³/mol. The van der Waals surface area contributed by atoms with Gasteiger partial charge in [0, 0.05) is 0 Å². The maximum atomic E-state index is 12.0. The molecule has 0 aromatic rings. The van der Waals surface area contributed by atoms with E-state index in [2.05, 4.69) is 18.0 Å². The van der Waals surface area contributed by atoms with Gasteiger partial charge in [0.25, 0.3) is 0 Å². The van der Waals surface area contributed by atoms with Crippen LogP contribution in [0.4, 0.5) is 4.39 Å². The van der Waals surface area contributed by atoms with E-state index in [1.807, 2.05) is 0 Å². The van der Waals surface area contributed by atoms with Crippen molar-refractivity contribution in [3.05, 3.63) is 0 Å². The number of thiocarbonyl (C=S) groups is 1. The van der Waals surface area contributed by atoms with Crippen molar-refractivity contribution in [3.63, 3.8) is 0 Å². The van der Waals surface area contributed by atoms with E-state index in [0.717, 1.165) is 0 Å². The Balaban J connectivity index is 4.23. The summed E-state index contributed by atoms with van der Waals surface area (Å²) in [4.78, 5) is 15.2. The van der Waals surface area contributed by atoms with Gasteiger partial charge in [0.2, 0.25) is 5.91 Å². The molecule has 0 saturated carbocycles. The monoisotopic (exact) mass is 173 g/mol.